The molecule has 0 saturated heterocycles. The minimum absolute atomic E-state index is 0.205. The lowest BCUT2D eigenvalue weighted by Crippen LogP contribution is -2.29. The Kier molecular flexibility index (Phi) is 3.00. The Morgan fingerprint density at radius 2 is 2.12 bits per heavy atom. The molecule has 1 aromatic carbocycles. The topological polar surface area (TPSA) is 53.5 Å². The first-order chi connectivity index (χ1) is 7.77. The monoisotopic (exact) mass is 215 g/mol. The minimum atomic E-state index is -0.205. The fraction of sp³-hybridized carbons (Fsp3) is 0.167. The van der Waals surface area contributed by atoms with Crippen LogP contribution in [0.4, 0.5) is 5.69 Å². The quantitative estimate of drug-likeness (QED) is 0.641. The molecule has 0 atom stereocenters. The number of hydrogen-bond acceptors (Lipinski definition) is 3. The number of carbonyl (C=O) groups is 1. The van der Waals surface area contributed by atoms with Crippen molar-refractivity contribution in [3.8, 4) is 0 Å². The van der Waals surface area contributed by atoms with Crippen LogP contribution in [0.1, 0.15) is 5.56 Å². The van der Waals surface area contributed by atoms with Crippen LogP contribution in [0.15, 0.2) is 41.5 Å². The van der Waals surface area contributed by atoms with Crippen LogP contribution in [0, 0.1) is 0 Å². The number of para-hydroxylation sites is 1. The Morgan fingerprint density at radius 3 is 3.00 bits per heavy atom. The maximum absolute atomic E-state index is 11.5. The first kappa shape index (κ1) is 10.4. The Morgan fingerprint density at radius 1 is 1.31 bits per heavy atom. The average Bonchev–Trinajstić information content (AvgIpc) is 2.30. The van der Waals surface area contributed by atoms with Gasteiger partial charge in [0, 0.05) is 11.9 Å². The van der Waals surface area contributed by atoms with Crippen molar-refractivity contribution in [1.29, 1.82) is 0 Å². The van der Waals surface area contributed by atoms with Gasteiger partial charge < -0.3 is 10.6 Å². The van der Waals surface area contributed by atoms with E-state index < -0.39 is 0 Å². The lowest BCUT2D eigenvalue weighted by molar-refractivity contribution is -0.117. The van der Waals surface area contributed by atoms with Crippen LogP contribution in [-0.2, 0) is 11.3 Å². The second kappa shape index (κ2) is 4.61. The van der Waals surface area contributed by atoms with Crippen molar-refractivity contribution >= 4 is 17.8 Å². The molecule has 0 bridgehead atoms. The Hall–Kier alpha value is -2.10. The van der Waals surface area contributed by atoms with Crippen molar-refractivity contribution in [3.05, 3.63) is 42.1 Å². The van der Waals surface area contributed by atoms with Crippen LogP contribution in [-0.4, -0.2) is 18.7 Å². The summed E-state index contributed by atoms with van der Waals surface area (Å²) in [7, 11) is 0. The molecule has 16 heavy (non-hydrogen) atoms. The third kappa shape index (κ3) is 2.28. The predicted molar refractivity (Wildman–Crippen MR) is 64.4 cm³/mol. The van der Waals surface area contributed by atoms with Crippen molar-refractivity contribution in [2.75, 3.05) is 11.9 Å². The molecule has 1 aliphatic rings. The van der Waals surface area contributed by atoms with Crippen molar-refractivity contribution < 1.29 is 4.79 Å². The summed E-state index contributed by atoms with van der Waals surface area (Å²) in [6.45, 7) is 4.74. The molecule has 0 radical (unpaired) electrons. The number of rotatable bonds is 0. The van der Waals surface area contributed by atoms with Crippen molar-refractivity contribution in [2.24, 2.45) is 4.99 Å². The molecular formula is C12H13N3O. The van der Waals surface area contributed by atoms with Crippen LogP contribution < -0.4 is 10.6 Å². The lowest BCUT2D eigenvalue weighted by atomic mass is 10.1. The highest BCUT2D eigenvalue weighted by Crippen LogP contribution is 2.17. The molecule has 1 aliphatic heterocycles. The van der Waals surface area contributed by atoms with E-state index in [9.17, 15) is 4.79 Å². The van der Waals surface area contributed by atoms with Gasteiger partial charge in [0.15, 0.2) is 0 Å². The molecule has 0 spiro atoms. The molecule has 1 aromatic rings. The molecule has 1 heterocycles. The molecule has 82 valence electrons. The van der Waals surface area contributed by atoms with Crippen molar-refractivity contribution in [1.82, 2.24) is 5.32 Å². The van der Waals surface area contributed by atoms with Gasteiger partial charge in [-0.2, -0.15) is 0 Å². The SMILES string of the molecule is C=C1Nc2ccccc2CN=CCNC1=O. The van der Waals surface area contributed by atoms with E-state index in [1.54, 1.807) is 6.21 Å². The first-order valence-corrected chi connectivity index (χ1v) is 5.07. The number of carbonyl (C=O) groups excluding carboxylic acids is 1. The number of aliphatic imine (C=N–C) groups is 1. The first-order valence-electron chi connectivity index (χ1n) is 5.07. The highest BCUT2D eigenvalue weighted by molar-refractivity contribution is 5.96. The molecule has 0 unspecified atom stereocenters. The highest BCUT2D eigenvalue weighted by atomic mass is 16.2. The van der Waals surface area contributed by atoms with Gasteiger partial charge in [-0.05, 0) is 11.6 Å². The summed E-state index contributed by atoms with van der Waals surface area (Å²) in [4.78, 5) is 15.7. The number of amides is 1. The van der Waals surface area contributed by atoms with E-state index in [2.05, 4.69) is 22.2 Å². The van der Waals surface area contributed by atoms with Crippen LogP contribution in [0.3, 0.4) is 0 Å². The van der Waals surface area contributed by atoms with Crippen LogP contribution in [0.2, 0.25) is 0 Å². The van der Waals surface area contributed by atoms with Crippen molar-refractivity contribution in [3.63, 3.8) is 0 Å². The molecule has 0 fully saturated rings. The number of benzene rings is 1. The summed E-state index contributed by atoms with van der Waals surface area (Å²) in [5, 5.41) is 5.68. The van der Waals surface area contributed by atoms with Gasteiger partial charge in [0.1, 0.15) is 0 Å². The largest absolute Gasteiger partial charge is 0.351 e. The van der Waals surface area contributed by atoms with Crippen LogP contribution >= 0.6 is 0 Å². The summed E-state index contributed by atoms with van der Waals surface area (Å²) in [5.41, 5.74) is 2.28. The average molecular weight is 215 g/mol. The summed E-state index contributed by atoms with van der Waals surface area (Å²) in [6, 6.07) is 7.74. The van der Waals surface area contributed by atoms with Gasteiger partial charge in [-0.3, -0.25) is 9.79 Å². The van der Waals surface area contributed by atoms with Crippen LogP contribution in [0.5, 0.6) is 0 Å². The van der Waals surface area contributed by atoms with Crippen LogP contribution in [0.25, 0.3) is 0 Å². The second-order valence-electron chi connectivity index (χ2n) is 3.49. The Bertz CT molecular complexity index is 451. The maximum atomic E-state index is 11.5. The number of nitrogens with one attached hydrogen (secondary N) is 2. The number of anilines is 1. The zero-order chi connectivity index (χ0) is 11.4. The van der Waals surface area contributed by atoms with Gasteiger partial charge in [0.05, 0.1) is 18.8 Å². The van der Waals surface area contributed by atoms with Gasteiger partial charge in [-0.15, -0.1) is 0 Å². The third-order valence-corrected chi connectivity index (χ3v) is 2.32. The van der Waals surface area contributed by atoms with Gasteiger partial charge in [-0.1, -0.05) is 24.8 Å². The van der Waals surface area contributed by atoms with E-state index in [-0.39, 0.29) is 5.91 Å². The smallest absolute Gasteiger partial charge is 0.267 e. The van der Waals surface area contributed by atoms with Gasteiger partial charge in [-0.25, -0.2) is 0 Å². The van der Waals surface area contributed by atoms with E-state index >= 15 is 0 Å². The molecule has 1 amide bonds. The molecular weight excluding hydrogens is 202 g/mol. The maximum Gasteiger partial charge on any atom is 0.267 e. The highest BCUT2D eigenvalue weighted by Gasteiger charge is 2.09. The number of nitrogens with zero attached hydrogens (tertiary/aromatic N) is 1. The summed E-state index contributed by atoms with van der Waals surface area (Å²) < 4.78 is 0. The fourth-order valence-corrected chi connectivity index (χ4v) is 1.47. The standard InChI is InChI=1S/C12H13N3O/c1-9-12(16)14-7-6-13-8-10-4-2-3-5-11(10)15-9/h2-6,15H,1,7-8H2,(H,14,16). The lowest BCUT2D eigenvalue weighted by Gasteiger charge is -2.13. The van der Waals surface area contributed by atoms with E-state index in [4.69, 9.17) is 0 Å². The third-order valence-electron chi connectivity index (χ3n) is 2.32. The fourth-order valence-electron chi connectivity index (χ4n) is 1.47. The molecule has 4 nitrogen and oxygen atoms in total. The molecule has 2 N–H and O–H groups in total. The normalized spacial score (nSPS) is 16.0. The number of hydrogen-bond donors (Lipinski definition) is 2. The number of fused-ring (bicyclic) bond motifs is 1. The Labute approximate surface area is 94.1 Å². The summed E-state index contributed by atoms with van der Waals surface area (Å²) in [5.74, 6) is -0.205. The second-order valence-corrected chi connectivity index (χ2v) is 3.49. The summed E-state index contributed by atoms with van der Waals surface area (Å²) >= 11 is 0. The van der Waals surface area contributed by atoms with Gasteiger partial charge >= 0.3 is 0 Å². The zero-order valence-electron chi connectivity index (χ0n) is 8.86. The predicted octanol–water partition coefficient (Wildman–Crippen LogP) is 1.31. The molecule has 4 heteroatoms. The van der Waals surface area contributed by atoms with E-state index in [1.807, 2.05) is 24.3 Å². The van der Waals surface area contributed by atoms with E-state index in [1.165, 1.54) is 0 Å². The molecule has 2 rings (SSSR count). The van der Waals surface area contributed by atoms with Crippen molar-refractivity contribution in [2.45, 2.75) is 6.54 Å². The minimum Gasteiger partial charge on any atom is -0.351 e. The van der Waals surface area contributed by atoms with Gasteiger partial charge in [0.2, 0.25) is 0 Å². The summed E-state index contributed by atoms with van der Waals surface area (Å²) in [6.07, 6.45) is 1.70. The Balaban J connectivity index is 2.32. The molecule has 0 aliphatic carbocycles. The molecule has 0 saturated carbocycles. The van der Waals surface area contributed by atoms with E-state index in [0.29, 0.717) is 18.8 Å². The van der Waals surface area contributed by atoms with Gasteiger partial charge in [0.25, 0.3) is 5.91 Å². The molecule has 0 aromatic heterocycles. The zero-order valence-corrected chi connectivity index (χ0v) is 8.86. The van der Waals surface area contributed by atoms with E-state index in [0.717, 1.165) is 11.3 Å².